The number of carboxylic acid groups (broad SMARTS) is 1. The van der Waals surface area contributed by atoms with E-state index in [0.29, 0.717) is 32.5 Å². The third kappa shape index (κ3) is 3.24. The summed E-state index contributed by atoms with van der Waals surface area (Å²) in [6.07, 6.45) is 2.16. The van der Waals surface area contributed by atoms with Crippen molar-refractivity contribution < 1.29 is 19.4 Å². The van der Waals surface area contributed by atoms with Crippen LogP contribution in [0.3, 0.4) is 0 Å². The second-order valence-electron chi connectivity index (χ2n) is 6.37. The maximum Gasteiger partial charge on any atom is 0.307 e. The van der Waals surface area contributed by atoms with Crippen LogP contribution >= 0.6 is 0 Å². The van der Waals surface area contributed by atoms with Crippen molar-refractivity contribution in [3.63, 3.8) is 0 Å². The smallest absolute Gasteiger partial charge is 0.307 e. The molecule has 0 radical (unpaired) electrons. The predicted octanol–water partition coefficient (Wildman–Crippen LogP) is 2.26. The lowest BCUT2D eigenvalue weighted by Crippen LogP contribution is -2.50. The molecule has 0 spiro atoms. The van der Waals surface area contributed by atoms with Gasteiger partial charge in [0, 0.05) is 6.54 Å². The first-order valence-corrected chi connectivity index (χ1v) is 8.32. The summed E-state index contributed by atoms with van der Waals surface area (Å²) in [6, 6.07) is 8.29. The van der Waals surface area contributed by atoms with Crippen molar-refractivity contribution in [2.45, 2.75) is 32.3 Å². The van der Waals surface area contributed by atoms with Crippen LogP contribution in [0.5, 0.6) is 0 Å². The summed E-state index contributed by atoms with van der Waals surface area (Å²) in [5.41, 5.74) is 2.35. The lowest BCUT2D eigenvalue weighted by molar-refractivity contribution is -0.160. The van der Waals surface area contributed by atoms with Crippen LogP contribution in [0.4, 0.5) is 0 Å². The van der Waals surface area contributed by atoms with Gasteiger partial charge in [0.1, 0.15) is 6.10 Å². The standard InChI is InChI=1S/C18H23NO4/c1-2-12-3-5-13(6-4-12)16-11-19(9-10-23-16)17(20)14-7-8-15(14)18(21)22/h3-6,14-16H,2,7-11H2,1H3,(H,21,22). The van der Waals surface area contributed by atoms with Crippen LogP contribution in [0.2, 0.25) is 0 Å². The Kier molecular flexibility index (Phi) is 4.66. The van der Waals surface area contributed by atoms with Gasteiger partial charge in [-0.25, -0.2) is 0 Å². The fourth-order valence-corrected chi connectivity index (χ4v) is 3.34. The van der Waals surface area contributed by atoms with Crippen molar-refractivity contribution in [1.82, 2.24) is 4.90 Å². The number of amides is 1. The monoisotopic (exact) mass is 317 g/mol. The fourth-order valence-electron chi connectivity index (χ4n) is 3.34. The number of aryl methyl sites for hydroxylation is 1. The number of rotatable bonds is 4. The van der Waals surface area contributed by atoms with Crippen molar-refractivity contribution in [1.29, 1.82) is 0 Å². The summed E-state index contributed by atoms with van der Waals surface area (Å²) in [7, 11) is 0. The molecule has 1 saturated carbocycles. The normalized spacial score (nSPS) is 27.3. The summed E-state index contributed by atoms with van der Waals surface area (Å²) in [4.78, 5) is 25.5. The summed E-state index contributed by atoms with van der Waals surface area (Å²) in [5, 5.41) is 9.13. The molecule has 5 nitrogen and oxygen atoms in total. The van der Waals surface area contributed by atoms with Crippen LogP contribution in [0, 0.1) is 11.8 Å². The highest BCUT2D eigenvalue weighted by Gasteiger charge is 2.44. The molecule has 3 rings (SSSR count). The molecule has 3 unspecified atom stereocenters. The van der Waals surface area contributed by atoms with Gasteiger partial charge in [-0.3, -0.25) is 9.59 Å². The lowest BCUT2D eigenvalue weighted by atomic mass is 9.73. The quantitative estimate of drug-likeness (QED) is 0.925. The lowest BCUT2D eigenvalue weighted by Gasteiger charge is -2.39. The Hall–Kier alpha value is -1.88. The zero-order valence-electron chi connectivity index (χ0n) is 13.4. The van der Waals surface area contributed by atoms with Gasteiger partial charge >= 0.3 is 5.97 Å². The van der Waals surface area contributed by atoms with E-state index in [0.717, 1.165) is 12.0 Å². The molecule has 0 aromatic heterocycles. The topological polar surface area (TPSA) is 66.8 Å². The highest BCUT2D eigenvalue weighted by Crippen LogP contribution is 2.36. The van der Waals surface area contributed by atoms with Crippen LogP contribution in [-0.2, 0) is 20.7 Å². The number of hydrogen-bond donors (Lipinski definition) is 1. The Morgan fingerprint density at radius 3 is 2.48 bits per heavy atom. The second kappa shape index (κ2) is 6.71. The van der Waals surface area contributed by atoms with Gasteiger partial charge in [-0.05, 0) is 30.4 Å². The van der Waals surface area contributed by atoms with E-state index in [4.69, 9.17) is 9.84 Å². The molecule has 5 heteroatoms. The number of carbonyl (C=O) groups is 2. The first-order valence-electron chi connectivity index (χ1n) is 8.32. The maximum absolute atomic E-state index is 12.6. The average Bonchev–Trinajstić information content (AvgIpc) is 2.53. The summed E-state index contributed by atoms with van der Waals surface area (Å²) >= 11 is 0. The van der Waals surface area contributed by atoms with Crippen LogP contribution in [0.15, 0.2) is 24.3 Å². The Balaban J connectivity index is 1.65. The molecule has 23 heavy (non-hydrogen) atoms. The van der Waals surface area contributed by atoms with E-state index in [9.17, 15) is 9.59 Å². The minimum absolute atomic E-state index is 0.0258. The largest absolute Gasteiger partial charge is 0.481 e. The van der Waals surface area contributed by atoms with Gasteiger partial charge in [-0.15, -0.1) is 0 Å². The number of aliphatic carboxylic acids is 1. The van der Waals surface area contributed by atoms with Crippen molar-refractivity contribution in [3.8, 4) is 0 Å². The van der Waals surface area contributed by atoms with E-state index in [1.165, 1.54) is 5.56 Å². The molecule has 2 aliphatic rings. The minimum Gasteiger partial charge on any atom is -0.481 e. The molecule has 1 aliphatic heterocycles. The molecule has 1 aliphatic carbocycles. The number of carbonyl (C=O) groups excluding carboxylic acids is 1. The number of carboxylic acids is 1. The van der Waals surface area contributed by atoms with Crippen LogP contribution in [-0.4, -0.2) is 41.6 Å². The average molecular weight is 317 g/mol. The number of ether oxygens (including phenoxy) is 1. The van der Waals surface area contributed by atoms with Crippen molar-refractivity contribution in [2.75, 3.05) is 19.7 Å². The maximum atomic E-state index is 12.6. The molecule has 0 bridgehead atoms. The Bertz CT molecular complexity index is 583. The van der Waals surface area contributed by atoms with Crippen LogP contribution < -0.4 is 0 Å². The third-order valence-electron chi connectivity index (χ3n) is 5.05. The zero-order chi connectivity index (χ0) is 16.4. The second-order valence-corrected chi connectivity index (χ2v) is 6.37. The van der Waals surface area contributed by atoms with E-state index < -0.39 is 11.9 Å². The van der Waals surface area contributed by atoms with E-state index in [1.807, 2.05) is 0 Å². The van der Waals surface area contributed by atoms with Gasteiger partial charge < -0.3 is 14.7 Å². The van der Waals surface area contributed by atoms with E-state index in [2.05, 4.69) is 31.2 Å². The molecule has 1 amide bonds. The molecule has 1 N–H and O–H groups in total. The van der Waals surface area contributed by atoms with Gasteiger partial charge in [0.05, 0.1) is 25.0 Å². The number of morpholine rings is 1. The number of hydrogen-bond acceptors (Lipinski definition) is 3. The van der Waals surface area contributed by atoms with Crippen LogP contribution in [0.25, 0.3) is 0 Å². The first-order chi connectivity index (χ1) is 11.1. The number of benzene rings is 1. The molecule has 1 aromatic rings. The summed E-state index contributed by atoms with van der Waals surface area (Å²) in [6.45, 7) is 3.67. The van der Waals surface area contributed by atoms with Crippen molar-refractivity contribution in [2.24, 2.45) is 11.8 Å². The van der Waals surface area contributed by atoms with E-state index in [1.54, 1.807) is 4.90 Å². The highest BCUT2D eigenvalue weighted by atomic mass is 16.5. The van der Waals surface area contributed by atoms with Crippen molar-refractivity contribution in [3.05, 3.63) is 35.4 Å². The fraction of sp³-hybridized carbons (Fsp3) is 0.556. The molecule has 2 fully saturated rings. The van der Waals surface area contributed by atoms with Crippen LogP contribution in [0.1, 0.15) is 37.0 Å². The molecule has 1 heterocycles. The van der Waals surface area contributed by atoms with Gasteiger partial charge in [0.15, 0.2) is 0 Å². The third-order valence-corrected chi connectivity index (χ3v) is 5.05. The van der Waals surface area contributed by atoms with E-state index >= 15 is 0 Å². The predicted molar refractivity (Wildman–Crippen MR) is 84.9 cm³/mol. The summed E-state index contributed by atoms with van der Waals surface area (Å²) in [5.74, 6) is -1.74. The minimum atomic E-state index is -0.852. The Labute approximate surface area is 136 Å². The zero-order valence-corrected chi connectivity index (χ0v) is 13.4. The molecule has 124 valence electrons. The SMILES string of the molecule is CCc1ccc(C2CN(C(=O)C3CCC3C(=O)O)CCO2)cc1. The molecule has 1 aromatic carbocycles. The van der Waals surface area contributed by atoms with Gasteiger partial charge in [0.2, 0.25) is 5.91 Å². The van der Waals surface area contributed by atoms with E-state index in [-0.39, 0.29) is 17.9 Å². The van der Waals surface area contributed by atoms with Gasteiger partial charge in [-0.2, -0.15) is 0 Å². The Morgan fingerprint density at radius 1 is 1.22 bits per heavy atom. The molecular weight excluding hydrogens is 294 g/mol. The molecule has 3 atom stereocenters. The first kappa shape index (κ1) is 16.0. The van der Waals surface area contributed by atoms with Gasteiger partial charge in [0.25, 0.3) is 0 Å². The van der Waals surface area contributed by atoms with Gasteiger partial charge in [-0.1, -0.05) is 31.2 Å². The number of nitrogens with zero attached hydrogens (tertiary/aromatic N) is 1. The van der Waals surface area contributed by atoms with Crippen molar-refractivity contribution >= 4 is 11.9 Å². The molecule has 1 saturated heterocycles. The Morgan fingerprint density at radius 2 is 1.91 bits per heavy atom. The molecular formula is C18H23NO4. The summed E-state index contributed by atoms with van der Waals surface area (Å²) < 4.78 is 5.81. The highest BCUT2D eigenvalue weighted by molar-refractivity contribution is 5.86.